The maximum atomic E-state index is 13.6. The maximum Gasteiger partial charge on any atom is 0.243 e. The first kappa shape index (κ1) is 14.4. The molecule has 1 aromatic carbocycles. The van der Waals surface area contributed by atoms with Crippen molar-refractivity contribution in [3.8, 4) is 0 Å². The third-order valence-corrected chi connectivity index (χ3v) is 4.72. The lowest BCUT2D eigenvalue weighted by Crippen LogP contribution is -2.36. The number of likely N-dealkylation sites (N-methyl/N-ethyl adjacent to an activating group) is 1. The molecule has 0 bridgehead atoms. The Kier molecular flexibility index (Phi) is 4.19. The van der Waals surface area contributed by atoms with Gasteiger partial charge in [0.2, 0.25) is 10.0 Å². The Morgan fingerprint density at radius 2 is 2.26 bits per heavy atom. The Bertz CT molecular complexity index is 562. The minimum absolute atomic E-state index is 0.202. The molecule has 2 rings (SSSR count). The normalized spacial score (nSPS) is 20.9. The molecule has 0 saturated carbocycles. The summed E-state index contributed by atoms with van der Waals surface area (Å²) in [7, 11) is -1.99. The third kappa shape index (κ3) is 3.30. The second-order valence-corrected chi connectivity index (χ2v) is 6.47. The maximum absolute atomic E-state index is 13.6. The number of sulfonamides is 1. The van der Waals surface area contributed by atoms with Crippen molar-refractivity contribution in [1.82, 2.24) is 9.62 Å². The third-order valence-electron chi connectivity index (χ3n) is 3.18. The number of nitrogens with one attached hydrogen (secondary N) is 1. The van der Waals surface area contributed by atoms with Crippen LogP contribution in [-0.2, 0) is 16.6 Å². The second kappa shape index (κ2) is 5.54. The Morgan fingerprint density at radius 3 is 2.84 bits per heavy atom. The topological polar surface area (TPSA) is 69.6 Å². The van der Waals surface area contributed by atoms with Gasteiger partial charge in [0.15, 0.2) is 0 Å². The van der Waals surface area contributed by atoms with Gasteiger partial charge in [-0.25, -0.2) is 17.5 Å². The molecule has 0 aliphatic carbocycles. The van der Waals surface area contributed by atoms with E-state index in [4.69, 9.17) is 5.11 Å². The van der Waals surface area contributed by atoms with E-state index in [0.717, 1.165) is 18.7 Å². The molecule has 1 aromatic rings. The summed E-state index contributed by atoms with van der Waals surface area (Å²) in [6.07, 6.45) is 0.705. The summed E-state index contributed by atoms with van der Waals surface area (Å²) in [6, 6.07) is 3.38. The number of likely N-dealkylation sites (tertiary alicyclic amines) is 1. The van der Waals surface area contributed by atoms with Gasteiger partial charge in [-0.3, -0.25) is 0 Å². The van der Waals surface area contributed by atoms with Gasteiger partial charge in [-0.1, -0.05) is 6.07 Å². The molecule has 2 N–H and O–H groups in total. The summed E-state index contributed by atoms with van der Waals surface area (Å²) in [6.45, 7) is 1.10. The van der Waals surface area contributed by atoms with Crippen LogP contribution in [0.5, 0.6) is 0 Å². The lowest BCUT2D eigenvalue weighted by molar-refractivity contribution is 0.281. The van der Waals surface area contributed by atoms with Crippen LogP contribution in [0.15, 0.2) is 23.1 Å². The van der Waals surface area contributed by atoms with Crippen LogP contribution in [0.2, 0.25) is 0 Å². The van der Waals surface area contributed by atoms with Crippen molar-refractivity contribution in [3.05, 3.63) is 29.6 Å². The summed E-state index contributed by atoms with van der Waals surface area (Å²) < 4.78 is 40.4. The average molecular weight is 288 g/mol. The zero-order chi connectivity index (χ0) is 14.0. The zero-order valence-electron chi connectivity index (χ0n) is 10.6. The number of nitrogens with zero attached hydrogens (tertiary/aromatic N) is 1. The van der Waals surface area contributed by atoms with Crippen molar-refractivity contribution in [2.45, 2.75) is 24.0 Å². The van der Waals surface area contributed by atoms with E-state index >= 15 is 0 Å². The Hall–Kier alpha value is -1.02. The first-order valence-electron chi connectivity index (χ1n) is 6.02. The highest BCUT2D eigenvalue weighted by molar-refractivity contribution is 7.89. The molecule has 1 atom stereocenters. The second-order valence-electron chi connectivity index (χ2n) is 4.79. The summed E-state index contributed by atoms with van der Waals surface area (Å²) in [5.74, 6) is -0.809. The van der Waals surface area contributed by atoms with Gasteiger partial charge in [0.05, 0.1) is 6.61 Å². The first-order chi connectivity index (χ1) is 8.92. The molecule has 1 unspecified atom stereocenters. The molecule has 19 heavy (non-hydrogen) atoms. The molecule has 0 radical (unpaired) electrons. The molecule has 0 spiro atoms. The first-order valence-corrected chi connectivity index (χ1v) is 7.51. The van der Waals surface area contributed by atoms with Gasteiger partial charge < -0.3 is 10.0 Å². The fourth-order valence-corrected chi connectivity index (χ4v) is 3.56. The number of aliphatic hydroxyl groups excluding tert-OH is 1. The molecule has 106 valence electrons. The van der Waals surface area contributed by atoms with Gasteiger partial charge >= 0.3 is 0 Å². The van der Waals surface area contributed by atoms with Crippen LogP contribution in [-0.4, -0.2) is 44.6 Å². The van der Waals surface area contributed by atoms with E-state index < -0.39 is 20.7 Å². The average Bonchev–Trinajstić information content (AvgIpc) is 2.74. The van der Waals surface area contributed by atoms with Crippen molar-refractivity contribution in [2.75, 3.05) is 20.1 Å². The van der Waals surface area contributed by atoms with E-state index in [0.29, 0.717) is 18.5 Å². The number of hydrogen-bond donors (Lipinski definition) is 2. The van der Waals surface area contributed by atoms with Gasteiger partial charge in [-0.05, 0) is 37.7 Å². The van der Waals surface area contributed by atoms with E-state index in [1.54, 1.807) is 0 Å². The molecule has 1 aliphatic heterocycles. The summed E-state index contributed by atoms with van der Waals surface area (Å²) >= 11 is 0. The number of hydrogen-bond acceptors (Lipinski definition) is 4. The van der Waals surface area contributed by atoms with Gasteiger partial charge in [0.25, 0.3) is 0 Å². The van der Waals surface area contributed by atoms with Crippen molar-refractivity contribution >= 4 is 10.0 Å². The molecule has 1 aliphatic rings. The lowest BCUT2D eigenvalue weighted by Gasteiger charge is -2.14. The largest absolute Gasteiger partial charge is 0.392 e. The van der Waals surface area contributed by atoms with Crippen LogP contribution >= 0.6 is 0 Å². The van der Waals surface area contributed by atoms with E-state index in [1.807, 2.05) is 11.9 Å². The Balaban J connectivity index is 2.24. The highest BCUT2D eigenvalue weighted by Crippen LogP contribution is 2.18. The number of halogens is 1. The van der Waals surface area contributed by atoms with Gasteiger partial charge in [-0.2, -0.15) is 0 Å². The molecule has 1 heterocycles. The van der Waals surface area contributed by atoms with E-state index in [1.165, 1.54) is 6.07 Å². The van der Waals surface area contributed by atoms with E-state index in [-0.39, 0.29) is 12.6 Å². The van der Waals surface area contributed by atoms with Gasteiger partial charge in [0, 0.05) is 12.6 Å². The van der Waals surface area contributed by atoms with E-state index in [9.17, 15) is 12.8 Å². The molecule has 0 aromatic heterocycles. The summed E-state index contributed by atoms with van der Waals surface area (Å²) in [5, 5.41) is 8.99. The van der Waals surface area contributed by atoms with Crippen molar-refractivity contribution < 1.29 is 17.9 Å². The fraction of sp³-hybridized carbons (Fsp3) is 0.500. The van der Waals surface area contributed by atoms with Crippen molar-refractivity contribution in [2.24, 2.45) is 0 Å². The zero-order valence-corrected chi connectivity index (χ0v) is 11.5. The lowest BCUT2D eigenvalue weighted by atomic mass is 10.2. The smallest absolute Gasteiger partial charge is 0.243 e. The molecular formula is C12H17FN2O3S. The van der Waals surface area contributed by atoms with Crippen LogP contribution in [0, 0.1) is 5.82 Å². The molecule has 5 nitrogen and oxygen atoms in total. The van der Waals surface area contributed by atoms with Gasteiger partial charge in [0.1, 0.15) is 10.7 Å². The van der Waals surface area contributed by atoms with Crippen LogP contribution in [0.3, 0.4) is 0 Å². The van der Waals surface area contributed by atoms with Crippen molar-refractivity contribution in [1.29, 1.82) is 0 Å². The minimum Gasteiger partial charge on any atom is -0.392 e. The highest BCUT2D eigenvalue weighted by Gasteiger charge is 2.27. The molecule has 7 heteroatoms. The van der Waals surface area contributed by atoms with Crippen LogP contribution in [0.25, 0.3) is 0 Å². The molecular weight excluding hydrogens is 271 g/mol. The van der Waals surface area contributed by atoms with Crippen LogP contribution in [0.4, 0.5) is 4.39 Å². The Labute approximate surface area is 112 Å². The van der Waals surface area contributed by atoms with Gasteiger partial charge in [-0.15, -0.1) is 0 Å². The predicted molar refractivity (Wildman–Crippen MR) is 68.5 cm³/mol. The standard InChI is InChI=1S/C12H17FN2O3S/c1-15-5-4-10(7-15)14-19(17,18)12-6-9(8-16)2-3-11(12)13/h2-3,6,10,14,16H,4-5,7-8H2,1H3. The Morgan fingerprint density at radius 1 is 1.53 bits per heavy atom. The number of benzene rings is 1. The molecule has 0 amide bonds. The van der Waals surface area contributed by atoms with Crippen LogP contribution in [0.1, 0.15) is 12.0 Å². The predicted octanol–water partition coefficient (Wildman–Crippen LogP) is 0.300. The molecule has 1 fully saturated rings. The van der Waals surface area contributed by atoms with Crippen molar-refractivity contribution in [3.63, 3.8) is 0 Å². The van der Waals surface area contributed by atoms with Crippen LogP contribution < -0.4 is 4.72 Å². The number of aliphatic hydroxyl groups is 1. The monoisotopic (exact) mass is 288 g/mol. The number of rotatable bonds is 4. The minimum atomic E-state index is -3.89. The summed E-state index contributed by atoms with van der Waals surface area (Å²) in [4.78, 5) is 1.60. The SMILES string of the molecule is CN1CCC(NS(=O)(=O)c2cc(CO)ccc2F)C1. The molecule has 1 saturated heterocycles. The fourth-order valence-electron chi connectivity index (χ4n) is 2.17. The van der Waals surface area contributed by atoms with E-state index in [2.05, 4.69) is 4.72 Å². The highest BCUT2D eigenvalue weighted by atomic mass is 32.2. The quantitative estimate of drug-likeness (QED) is 0.836. The summed E-state index contributed by atoms with van der Waals surface area (Å²) in [5.41, 5.74) is 0.366.